The molecule has 0 saturated carbocycles. The molecule has 1 N–H and O–H groups in total. The number of benzene rings is 1. The third-order valence-electron chi connectivity index (χ3n) is 3.40. The summed E-state index contributed by atoms with van der Waals surface area (Å²) in [6.07, 6.45) is 0.721. The van der Waals surface area contributed by atoms with Crippen molar-refractivity contribution in [3.05, 3.63) is 35.7 Å². The summed E-state index contributed by atoms with van der Waals surface area (Å²) in [7, 11) is 1.91. The maximum atomic E-state index is 5.82. The van der Waals surface area contributed by atoms with Gasteiger partial charge in [0.15, 0.2) is 11.6 Å². The van der Waals surface area contributed by atoms with Crippen molar-refractivity contribution < 1.29 is 8.94 Å². The Hall–Kier alpha value is -1.85. The minimum atomic E-state index is 0. The normalized spacial score (nSPS) is 12.3. The fourth-order valence-electron chi connectivity index (χ4n) is 2.13. The number of hydrogen-bond donors (Lipinski definition) is 1. The Kier molecular flexibility index (Phi) is 4.65. The molecule has 0 aliphatic rings. The standard InChI is InChI=1S/C15H17N3O2.ClH/c1-9-5-4-6-11-8-12(19-14(9)11)15-17-13(18-20-15)7-10(2)16-3;/h4-6,8,10,16H,7H2,1-3H3;1H. The number of halogens is 1. The predicted octanol–water partition coefficient (Wildman–Crippen LogP) is 3.36. The molecule has 3 aromatic rings. The Morgan fingerprint density at radius 3 is 2.86 bits per heavy atom. The summed E-state index contributed by atoms with van der Waals surface area (Å²) in [5.74, 6) is 1.73. The number of para-hydroxylation sites is 1. The molecule has 1 aromatic carbocycles. The van der Waals surface area contributed by atoms with E-state index in [9.17, 15) is 0 Å². The third-order valence-corrected chi connectivity index (χ3v) is 3.40. The van der Waals surface area contributed by atoms with Crippen LogP contribution in [0.5, 0.6) is 0 Å². The molecule has 3 rings (SSSR count). The summed E-state index contributed by atoms with van der Waals surface area (Å²) in [6, 6.07) is 8.27. The fraction of sp³-hybridized carbons (Fsp3) is 0.333. The smallest absolute Gasteiger partial charge is 0.293 e. The second-order valence-electron chi connectivity index (χ2n) is 5.01. The number of nitrogens with one attached hydrogen (secondary N) is 1. The first-order valence-corrected chi connectivity index (χ1v) is 6.66. The number of hydrogen-bond acceptors (Lipinski definition) is 5. The highest BCUT2D eigenvalue weighted by atomic mass is 35.5. The minimum absolute atomic E-state index is 0. The number of rotatable bonds is 4. The zero-order valence-corrected chi connectivity index (χ0v) is 13.0. The first-order chi connectivity index (χ1) is 9.67. The van der Waals surface area contributed by atoms with E-state index >= 15 is 0 Å². The van der Waals surface area contributed by atoms with Crippen LogP contribution in [0.3, 0.4) is 0 Å². The maximum absolute atomic E-state index is 5.82. The predicted molar refractivity (Wildman–Crippen MR) is 83.7 cm³/mol. The van der Waals surface area contributed by atoms with Gasteiger partial charge in [-0.25, -0.2) is 0 Å². The molecule has 0 radical (unpaired) electrons. The summed E-state index contributed by atoms with van der Waals surface area (Å²) in [4.78, 5) is 4.38. The molecule has 6 heteroatoms. The Morgan fingerprint density at radius 2 is 2.14 bits per heavy atom. The van der Waals surface area contributed by atoms with Gasteiger partial charge in [0.05, 0.1) is 0 Å². The number of aryl methyl sites for hydroxylation is 1. The topological polar surface area (TPSA) is 64.1 Å². The van der Waals surface area contributed by atoms with Crippen LogP contribution in [0.2, 0.25) is 0 Å². The number of aromatic nitrogens is 2. The van der Waals surface area contributed by atoms with Gasteiger partial charge in [-0.05, 0) is 32.5 Å². The van der Waals surface area contributed by atoms with Gasteiger partial charge in [0.2, 0.25) is 0 Å². The molecule has 0 spiro atoms. The Labute approximate surface area is 129 Å². The molecule has 0 aliphatic carbocycles. The Morgan fingerprint density at radius 1 is 1.33 bits per heavy atom. The first-order valence-electron chi connectivity index (χ1n) is 6.66. The van der Waals surface area contributed by atoms with Crippen molar-refractivity contribution in [2.45, 2.75) is 26.3 Å². The van der Waals surface area contributed by atoms with E-state index in [0.29, 0.717) is 23.5 Å². The highest BCUT2D eigenvalue weighted by molar-refractivity contribution is 5.85. The van der Waals surface area contributed by atoms with Gasteiger partial charge in [-0.3, -0.25) is 0 Å². The molecule has 0 bridgehead atoms. The molecule has 0 saturated heterocycles. The van der Waals surface area contributed by atoms with Crippen LogP contribution in [-0.4, -0.2) is 23.2 Å². The van der Waals surface area contributed by atoms with Crippen LogP contribution in [0.15, 0.2) is 33.2 Å². The lowest BCUT2D eigenvalue weighted by atomic mass is 10.2. The molecule has 112 valence electrons. The van der Waals surface area contributed by atoms with Crippen LogP contribution >= 0.6 is 12.4 Å². The van der Waals surface area contributed by atoms with Crippen LogP contribution in [0, 0.1) is 6.92 Å². The molecule has 21 heavy (non-hydrogen) atoms. The van der Waals surface area contributed by atoms with Gasteiger partial charge in [0, 0.05) is 17.8 Å². The van der Waals surface area contributed by atoms with E-state index in [2.05, 4.69) is 22.4 Å². The Bertz CT molecular complexity index is 735. The van der Waals surface area contributed by atoms with Gasteiger partial charge in [-0.2, -0.15) is 4.98 Å². The van der Waals surface area contributed by atoms with Crippen molar-refractivity contribution in [2.75, 3.05) is 7.05 Å². The molecule has 2 aromatic heterocycles. The quantitative estimate of drug-likeness (QED) is 0.800. The first kappa shape index (κ1) is 15.5. The third kappa shape index (κ3) is 3.09. The zero-order valence-electron chi connectivity index (χ0n) is 12.2. The number of likely N-dealkylation sites (N-methyl/N-ethyl adjacent to an activating group) is 1. The van der Waals surface area contributed by atoms with Crippen LogP contribution in [0.4, 0.5) is 0 Å². The van der Waals surface area contributed by atoms with Crippen LogP contribution in [-0.2, 0) is 6.42 Å². The van der Waals surface area contributed by atoms with Crippen LogP contribution in [0.25, 0.3) is 22.6 Å². The van der Waals surface area contributed by atoms with E-state index in [4.69, 9.17) is 8.94 Å². The van der Waals surface area contributed by atoms with Gasteiger partial charge >= 0.3 is 0 Å². The summed E-state index contributed by atoms with van der Waals surface area (Å²) in [6.45, 7) is 4.09. The average molecular weight is 308 g/mol. The number of fused-ring (bicyclic) bond motifs is 1. The SMILES string of the molecule is CNC(C)Cc1noc(-c2cc3cccc(C)c3o2)n1.Cl. The van der Waals surface area contributed by atoms with Crippen molar-refractivity contribution in [1.29, 1.82) is 0 Å². The summed E-state index contributed by atoms with van der Waals surface area (Å²) in [5, 5.41) is 8.18. The number of furan rings is 1. The Balaban J connectivity index is 0.00000161. The summed E-state index contributed by atoms with van der Waals surface area (Å²) < 4.78 is 11.1. The molecule has 1 unspecified atom stereocenters. The molecular formula is C15H18ClN3O2. The van der Waals surface area contributed by atoms with Gasteiger partial charge in [0.1, 0.15) is 5.58 Å². The van der Waals surface area contributed by atoms with Crippen LogP contribution in [0.1, 0.15) is 18.3 Å². The molecule has 0 amide bonds. The van der Waals surface area contributed by atoms with E-state index in [1.807, 2.05) is 38.2 Å². The van der Waals surface area contributed by atoms with Crippen LogP contribution < -0.4 is 5.32 Å². The van der Waals surface area contributed by atoms with Crippen molar-refractivity contribution >= 4 is 23.4 Å². The van der Waals surface area contributed by atoms with Gasteiger partial charge in [0.25, 0.3) is 5.89 Å². The van der Waals surface area contributed by atoms with E-state index in [1.165, 1.54) is 0 Å². The van der Waals surface area contributed by atoms with Crippen molar-refractivity contribution in [1.82, 2.24) is 15.5 Å². The monoisotopic (exact) mass is 307 g/mol. The van der Waals surface area contributed by atoms with Gasteiger partial charge in [-0.1, -0.05) is 23.4 Å². The minimum Gasteiger partial charge on any atom is -0.451 e. The highest BCUT2D eigenvalue weighted by Crippen LogP contribution is 2.28. The van der Waals surface area contributed by atoms with E-state index in [-0.39, 0.29) is 12.4 Å². The lowest BCUT2D eigenvalue weighted by molar-refractivity contribution is 0.408. The molecule has 0 fully saturated rings. The lowest BCUT2D eigenvalue weighted by Gasteiger charge is -2.04. The van der Waals surface area contributed by atoms with Crippen molar-refractivity contribution in [3.8, 4) is 11.7 Å². The molecular weight excluding hydrogens is 290 g/mol. The maximum Gasteiger partial charge on any atom is 0.293 e. The van der Waals surface area contributed by atoms with Crippen molar-refractivity contribution in [3.63, 3.8) is 0 Å². The van der Waals surface area contributed by atoms with Gasteiger partial charge in [-0.15, -0.1) is 12.4 Å². The molecule has 1 atom stereocenters. The summed E-state index contributed by atoms with van der Waals surface area (Å²) >= 11 is 0. The molecule has 2 heterocycles. The average Bonchev–Trinajstić information content (AvgIpc) is 3.05. The van der Waals surface area contributed by atoms with Crippen molar-refractivity contribution in [2.24, 2.45) is 0 Å². The van der Waals surface area contributed by atoms with E-state index < -0.39 is 0 Å². The van der Waals surface area contributed by atoms with Gasteiger partial charge < -0.3 is 14.3 Å². The lowest BCUT2D eigenvalue weighted by Crippen LogP contribution is -2.24. The molecule has 0 aliphatic heterocycles. The molecule has 5 nitrogen and oxygen atoms in total. The van der Waals surface area contributed by atoms with E-state index in [1.54, 1.807) is 0 Å². The zero-order chi connectivity index (χ0) is 14.1. The highest BCUT2D eigenvalue weighted by Gasteiger charge is 2.15. The fourth-order valence-corrected chi connectivity index (χ4v) is 2.13. The second-order valence-corrected chi connectivity index (χ2v) is 5.01. The summed E-state index contributed by atoms with van der Waals surface area (Å²) in [5.41, 5.74) is 1.96. The number of nitrogens with zero attached hydrogens (tertiary/aromatic N) is 2. The largest absolute Gasteiger partial charge is 0.451 e. The van der Waals surface area contributed by atoms with E-state index in [0.717, 1.165) is 23.0 Å². The second kappa shape index (κ2) is 6.28.